The minimum absolute atomic E-state index is 0.0457. The van der Waals surface area contributed by atoms with Crippen LogP contribution in [0.15, 0.2) is 54.1 Å². The van der Waals surface area contributed by atoms with Crippen LogP contribution in [0, 0.1) is 12.7 Å². The van der Waals surface area contributed by atoms with Crippen LogP contribution in [0.4, 0.5) is 4.39 Å². The first-order valence-electron chi connectivity index (χ1n) is 10.0. The van der Waals surface area contributed by atoms with Crippen LogP contribution in [0.1, 0.15) is 43.0 Å². The van der Waals surface area contributed by atoms with Crippen LogP contribution >= 0.6 is 0 Å². The van der Waals surface area contributed by atoms with E-state index in [1.54, 1.807) is 36.4 Å². The van der Waals surface area contributed by atoms with E-state index in [1.807, 2.05) is 20.8 Å². The van der Waals surface area contributed by atoms with Crippen molar-refractivity contribution >= 4 is 17.4 Å². The van der Waals surface area contributed by atoms with Crippen LogP contribution in [0.2, 0.25) is 0 Å². The summed E-state index contributed by atoms with van der Waals surface area (Å²) in [6, 6.07) is 12.0. The zero-order chi connectivity index (χ0) is 21.8. The standard InChI is InChI=1S/C24H26FNO4/c1-15(2)30-14-6-13-26-21(18-7-4-5-8-19(18)25)20(23(28)24(26)29)22(27)17-11-9-16(3)10-12-17/h4-5,7-12,15,21,27H,6,13-14H2,1-3H3/b22-20-. The smallest absolute Gasteiger partial charge is 0.295 e. The van der Waals surface area contributed by atoms with Crippen molar-refractivity contribution in [1.29, 1.82) is 0 Å². The van der Waals surface area contributed by atoms with E-state index in [4.69, 9.17) is 4.74 Å². The first-order chi connectivity index (χ1) is 14.3. The van der Waals surface area contributed by atoms with Crippen molar-refractivity contribution in [2.75, 3.05) is 13.2 Å². The molecule has 6 heteroatoms. The number of carbonyl (C=O) groups is 2. The van der Waals surface area contributed by atoms with E-state index in [0.29, 0.717) is 18.6 Å². The molecule has 0 aromatic heterocycles. The number of rotatable bonds is 7. The lowest BCUT2D eigenvalue weighted by molar-refractivity contribution is -0.140. The molecular weight excluding hydrogens is 385 g/mol. The molecule has 1 heterocycles. The number of ether oxygens (including phenoxy) is 1. The molecule has 2 aromatic rings. The number of aryl methyl sites for hydroxylation is 1. The molecule has 0 aliphatic carbocycles. The van der Waals surface area contributed by atoms with Crippen molar-refractivity contribution in [2.45, 2.75) is 39.3 Å². The van der Waals surface area contributed by atoms with Gasteiger partial charge < -0.3 is 14.7 Å². The van der Waals surface area contributed by atoms with Crippen molar-refractivity contribution in [3.63, 3.8) is 0 Å². The van der Waals surface area contributed by atoms with Crippen molar-refractivity contribution in [3.05, 3.63) is 76.6 Å². The Morgan fingerprint density at radius 3 is 2.43 bits per heavy atom. The van der Waals surface area contributed by atoms with Gasteiger partial charge in [-0.25, -0.2) is 4.39 Å². The van der Waals surface area contributed by atoms with Crippen LogP contribution in [-0.4, -0.2) is 41.0 Å². The Kier molecular flexibility index (Phi) is 6.67. The van der Waals surface area contributed by atoms with Gasteiger partial charge >= 0.3 is 0 Å². The molecule has 0 spiro atoms. The maximum Gasteiger partial charge on any atom is 0.295 e. The number of likely N-dealkylation sites (tertiary alicyclic amines) is 1. The maximum absolute atomic E-state index is 14.7. The highest BCUT2D eigenvalue weighted by Gasteiger charge is 2.46. The van der Waals surface area contributed by atoms with Gasteiger partial charge in [0.05, 0.1) is 17.7 Å². The number of aliphatic hydroxyl groups is 1. The summed E-state index contributed by atoms with van der Waals surface area (Å²) in [6.45, 7) is 6.34. The second-order valence-corrected chi connectivity index (χ2v) is 7.65. The van der Waals surface area contributed by atoms with E-state index in [-0.39, 0.29) is 29.5 Å². The van der Waals surface area contributed by atoms with Gasteiger partial charge in [0.15, 0.2) is 0 Å². The Morgan fingerprint density at radius 1 is 1.13 bits per heavy atom. The normalized spacial score (nSPS) is 18.4. The minimum Gasteiger partial charge on any atom is -0.507 e. The van der Waals surface area contributed by atoms with Gasteiger partial charge in [0.25, 0.3) is 11.7 Å². The molecule has 1 aliphatic rings. The molecule has 5 nitrogen and oxygen atoms in total. The summed E-state index contributed by atoms with van der Waals surface area (Å²) in [5.74, 6) is -2.40. The predicted octanol–water partition coefficient (Wildman–Crippen LogP) is 4.37. The molecule has 1 N–H and O–H groups in total. The lowest BCUT2D eigenvalue weighted by Gasteiger charge is -2.25. The summed E-state index contributed by atoms with van der Waals surface area (Å²) in [6.07, 6.45) is 0.532. The Bertz CT molecular complexity index is 965. The number of hydrogen-bond acceptors (Lipinski definition) is 4. The van der Waals surface area contributed by atoms with Crippen LogP contribution < -0.4 is 0 Å². The van der Waals surface area contributed by atoms with Crippen LogP contribution in [0.3, 0.4) is 0 Å². The molecular formula is C24H26FNO4. The van der Waals surface area contributed by atoms with Gasteiger partial charge in [0, 0.05) is 24.3 Å². The number of amides is 1. The third kappa shape index (κ3) is 4.44. The molecule has 0 bridgehead atoms. The van der Waals surface area contributed by atoms with Crippen molar-refractivity contribution < 1.29 is 23.8 Å². The van der Waals surface area contributed by atoms with E-state index in [0.717, 1.165) is 5.56 Å². The molecule has 1 fully saturated rings. The molecule has 0 radical (unpaired) electrons. The van der Waals surface area contributed by atoms with E-state index in [2.05, 4.69) is 0 Å². The first-order valence-corrected chi connectivity index (χ1v) is 10.0. The second kappa shape index (κ2) is 9.22. The Balaban J connectivity index is 2.04. The zero-order valence-corrected chi connectivity index (χ0v) is 17.4. The molecule has 1 saturated heterocycles. The van der Waals surface area contributed by atoms with Gasteiger partial charge in [-0.05, 0) is 33.3 Å². The summed E-state index contributed by atoms with van der Waals surface area (Å²) >= 11 is 0. The topological polar surface area (TPSA) is 66.8 Å². The molecule has 3 rings (SSSR count). The van der Waals surface area contributed by atoms with Gasteiger partial charge in [-0.2, -0.15) is 0 Å². The molecule has 1 unspecified atom stereocenters. The van der Waals surface area contributed by atoms with Gasteiger partial charge in [0.2, 0.25) is 0 Å². The van der Waals surface area contributed by atoms with Crippen molar-refractivity contribution in [2.24, 2.45) is 0 Å². The molecule has 1 aliphatic heterocycles. The summed E-state index contributed by atoms with van der Waals surface area (Å²) in [7, 11) is 0. The number of carbonyl (C=O) groups excluding carboxylic acids is 2. The summed E-state index contributed by atoms with van der Waals surface area (Å²) < 4.78 is 20.2. The number of hydrogen-bond donors (Lipinski definition) is 1. The van der Waals surface area contributed by atoms with Gasteiger partial charge in [-0.3, -0.25) is 9.59 Å². The molecule has 1 atom stereocenters. The predicted molar refractivity (Wildman–Crippen MR) is 112 cm³/mol. The first kappa shape index (κ1) is 21.7. The fraction of sp³-hybridized carbons (Fsp3) is 0.333. The average Bonchev–Trinajstić information content (AvgIpc) is 2.96. The Labute approximate surface area is 175 Å². The zero-order valence-electron chi connectivity index (χ0n) is 17.4. The quantitative estimate of drug-likeness (QED) is 0.318. The number of aliphatic hydroxyl groups excluding tert-OH is 1. The van der Waals surface area contributed by atoms with E-state index in [9.17, 15) is 19.1 Å². The van der Waals surface area contributed by atoms with Crippen molar-refractivity contribution in [1.82, 2.24) is 4.90 Å². The van der Waals surface area contributed by atoms with Crippen LogP contribution in [0.5, 0.6) is 0 Å². The van der Waals surface area contributed by atoms with Crippen LogP contribution in [0.25, 0.3) is 5.76 Å². The SMILES string of the molecule is Cc1ccc(/C(O)=C2/C(=O)C(=O)N(CCCOC(C)C)C2c2ccccc2F)cc1. The highest BCUT2D eigenvalue weighted by Crippen LogP contribution is 2.40. The summed E-state index contributed by atoms with van der Waals surface area (Å²) in [5.41, 5.74) is 1.47. The molecule has 1 amide bonds. The molecule has 0 saturated carbocycles. The Morgan fingerprint density at radius 2 is 1.80 bits per heavy atom. The highest BCUT2D eigenvalue weighted by atomic mass is 19.1. The monoisotopic (exact) mass is 411 g/mol. The summed E-state index contributed by atoms with van der Waals surface area (Å²) in [5, 5.41) is 10.9. The summed E-state index contributed by atoms with van der Waals surface area (Å²) in [4.78, 5) is 27.0. The van der Waals surface area contributed by atoms with Gasteiger partial charge in [0.1, 0.15) is 11.6 Å². The van der Waals surface area contributed by atoms with E-state index in [1.165, 1.54) is 17.0 Å². The highest BCUT2D eigenvalue weighted by molar-refractivity contribution is 6.46. The number of ketones is 1. The van der Waals surface area contributed by atoms with Crippen LogP contribution in [-0.2, 0) is 14.3 Å². The minimum atomic E-state index is -0.994. The second-order valence-electron chi connectivity index (χ2n) is 7.65. The van der Waals surface area contributed by atoms with Gasteiger partial charge in [-0.15, -0.1) is 0 Å². The Hall–Kier alpha value is -2.99. The lowest BCUT2D eigenvalue weighted by atomic mass is 9.94. The van der Waals surface area contributed by atoms with E-state index < -0.39 is 23.5 Å². The average molecular weight is 411 g/mol. The van der Waals surface area contributed by atoms with Gasteiger partial charge in [-0.1, -0.05) is 48.0 Å². The maximum atomic E-state index is 14.7. The number of halogens is 1. The molecule has 158 valence electrons. The fourth-order valence-electron chi connectivity index (χ4n) is 3.55. The molecule has 2 aromatic carbocycles. The van der Waals surface area contributed by atoms with Crippen molar-refractivity contribution in [3.8, 4) is 0 Å². The van der Waals surface area contributed by atoms with E-state index >= 15 is 0 Å². The number of nitrogens with zero attached hydrogens (tertiary/aromatic N) is 1. The third-order valence-electron chi connectivity index (χ3n) is 5.06. The lowest BCUT2D eigenvalue weighted by Crippen LogP contribution is -2.31. The third-order valence-corrected chi connectivity index (χ3v) is 5.06. The number of Topliss-reactive ketones (excluding diaryl/α,β-unsaturated/α-hetero) is 1. The largest absolute Gasteiger partial charge is 0.507 e. The number of benzene rings is 2. The molecule has 30 heavy (non-hydrogen) atoms. The fourth-order valence-corrected chi connectivity index (χ4v) is 3.55.